The molecule has 1 heterocycles. The fourth-order valence-electron chi connectivity index (χ4n) is 2.96. The first-order chi connectivity index (χ1) is 12.0. The summed E-state index contributed by atoms with van der Waals surface area (Å²) in [7, 11) is 0. The van der Waals surface area contributed by atoms with E-state index in [1.165, 1.54) is 11.1 Å². The Hall–Kier alpha value is -1.59. The van der Waals surface area contributed by atoms with Gasteiger partial charge in [0.05, 0.1) is 12.6 Å². The van der Waals surface area contributed by atoms with Crippen molar-refractivity contribution in [2.45, 2.75) is 52.8 Å². The van der Waals surface area contributed by atoms with Gasteiger partial charge in [-0.05, 0) is 37.3 Å². The van der Waals surface area contributed by atoms with E-state index in [0.717, 1.165) is 32.0 Å². The average molecular weight is 347 g/mol. The van der Waals surface area contributed by atoms with Crippen LogP contribution in [0.3, 0.4) is 0 Å². The summed E-state index contributed by atoms with van der Waals surface area (Å²) >= 11 is 0. The van der Waals surface area contributed by atoms with Crippen LogP contribution in [0.2, 0.25) is 0 Å². The number of β-amino-alcohol motifs (C(OH)–C–C–N with tert-alkyl or cyclic N) is 1. The van der Waals surface area contributed by atoms with Crippen LogP contribution in [-0.4, -0.2) is 54.3 Å². The molecule has 3 N–H and O–H groups in total. The third-order valence-electron chi connectivity index (χ3n) is 4.85. The summed E-state index contributed by atoms with van der Waals surface area (Å²) < 4.78 is 0. The van der Waals surface area contributed by atoms with Gasteiger partial charge >= 0.3 is 0 Å². The second-order valence-electron chi connectivity index (χ2n) is 7.30. The summed E-state index contributed by atoms with van der Waals surface area (Å²) in [5, 5.41) is 17.1. The summed E-state index contributed by atoms with van der Waals surface area (Å²) in [5.74, 6) is 1.31. The Morgan fingerprint density at radius 2 is 1.96 bits per heavy atom. The van der Waals surface area contributed by atoms with E-state index in [9.17, 15) is 5.11 Å². The summed E-state index contributed by atoms with van der Waals surface area (Å²) in [5.41, 5.74) is 2.82. The maximum atomic E-state index is 10.4. The molecule has 1 aromatic rings. The lowest BCUT2D eigenvalue weighted by molar-refractivity contribution is 0.111. The Balaban J connectivity index is 1.85. The fourth-order valence-corrected chi connectivity index (χ4v) is 2.96. The molecule has 0 radical (unpaired) electrons. The van der Waals surface area contributed by atoms with Gasteiger partial charge in [0.15, 0.2) is 5.96 Å². The van der Waals surface area contributed by atoms with Gasteiger partial charge in [0, 0.05) is 32.2 Å². The zero-order valence-corrected chi connectivity index (χ0v) is 16.1. The molecule has 0 bridgehead atoms. The smallest absolute Gasteiger partial charge is 0.191 e. The normalized spacial score (nSPS) is 17.9. The zero-order valence-electron chi connectivity index (χ0n) is 16.1. The Labute approximate surface area is 152 Å². The Bertz CT molecular complexity index is 558. The van der Waals surface area contributed by atoms with Crippen molar-refractivity contribution in [3.8, 4) is 0 Å². The highest BCUT2D eigenvalue weighted by Crippen LogP contribution is 2.18. The standard InChI is InChI=1S/C20H34N4O/c1-5-21-20(23-16(4)15(2)3)22-12-19(25)14-24-11-10-17-8-6-7-9-18(17)13-24/h6-9,15-16,19,25H,5,10-14H2,1-4H3,(H2,21,22,23). The SMILES string of the molecule is CCNC(=NCC(O)CN1CCc2ccccc2C1)NC(C)C(C)C. The van der Waals surface area contributed by atoms with Crippen LogP contribution < -0.4 is 10.6 Å². The molecule has 1 aliphatic heterocycles. The van der Waals surface area contributed by atoms with Crippen LogP contribution in [0.25, 0.3) is 0 Å². The van der Waals surface area contributed by atoms with Gasteiger partial charge in [0.25, 0.3) is 0 Å². The topological polar surface area (TPSA) is 59.9 Å². The number of guanidine groups is 1. The molecule has 0 saturated carbocycles. The number of nitrogens with zero attached hydrogens (tertiary/aromatic N) is 2. The number of aliphatic imine (C=N–C) groups is 1. The Kier molecular flexibility index (Phi) is 7.72. The van der Waals surface area contributed by atoms with Crippen molar-refractivity contribution in [3.05, 3.63) is 35.4 Å². The van der Waals surface area contributed by atoms with E-state index >= 15 is 0 Å². The molecular weight excluding hydrogens is 312 g/mol. The summed E-state index contributed by atoms with van der Waals surface area (Å²) in [6.07, 6.45) is 0.609. The van der Waals surface area contributed by atoms with E-state index in [4.69, 9.17) is 0 Å². The molecule has 0 saturated heterocycles. The molecule has 5 nitrogen and oxygen atoms in total. The third kappa shape index (κ3) is 6.33. The van der Waals surface area contributed by atoms with Crippen LogP contribution in [0.4, 0.5) is 0 Å². The van der Waals surface area contributed by atoms with E-state index in [2.05, 4.69) is 72.5 Å². The van der Waals surface area contributed by atoms with Gasteiger partial charge in [-0.25, -0.2) is 0 Å². The molecular formula is C20H34N4O. The number of nitrogens with one attached hydrogen (secondary N) is 2. The van der Waals surface area contributed by atoms with Crippen molar-refractivity contribution in [2.24, 2.45) is 10.9 Å². The summed E-state index contributed by atoms with van der Waals surface area (Å²) in [4.78, 5) is 6.88. The quantitative estimate of drug-likeness (QED) is 0.522. The number of benzene rings is 1. The zero-order chi connectivity index (χ0) is 18.2. The second kappa shape index (κ2) is 9.78. The molecule has 0 aliphatic carbocycles. The van der Waals surface area contributed by atoms with Crippen molar-refractivity contribution in [3.63, 3.8) is 0 Å². The molecule has 2 rings (SSSR count). The molecule has 5 heteroatoms. The lowest BCUT2D eigenvalue weighted by Crippen LogP contribution is -2.45. The third-order valence-corrected chi connectivity index (χ3v) is 4.85. The predicted octanol–water partition coefficient (Wildman–Crippen LogP) is 2.01. The maximum absolute atomic E-state index is 10.4. The van der Waals surface area contributed by atoms with E-state index in [1.54, 1.807) is 0 Å². The second-order valence-corrected chi connectivity index (χ2v) is 7.30. The first-order valence-corrected chi connectivity index (χ1v) is 9.51. The number of aliphatic hydroxyl groups is 1. The molecule has 1 aromatic carbocycles. The van der Waals surface area contributed by atoms with E-state index < -0.39 is 6.10 Å². The monoisotopic (exact) mass is 346 g/mol. The first kappa shape index (κ1) is 19.7. The minimum atomic E-state index is -0.449. The van der Waals surface area contributed by atoms with Gasteiger partial charge in [0.1, 0.15) is 0 Å². The summed E-state index contributed by atoms with van der Waals surface area (Å²) in [6.45, 7) is 12.4. The minimum absolute atomic E-state index is 0.341. The number of hydrogen-bond donors (Lipinski definition) is 3. The minimum Gasteiger partial charge on any atom is -0.390 e. The highest BCUT2D eigenvalue weighted by atomic mass is 16.3. The molecule has 0 fully saturated rings. The molecule has 1 aliphatic rings. The molecule has 140 valence electrons. The fraction of sp³-hybridized carbons (Fsp3) is 0.650. The molecule has 2 atom stereocenters. The van der Waals surface area contributed by atoms with Crippen LogP contribution in [-0.2, 0) is 13.0 Å². The lowest BCUT2D eigenvalue weighted by Gasteiger charge is -2.30. The van der Waals surface area contributed by atoms with Crippen LogP contribution >= 0.6 is 0 Å². The molecule has 0 aromatic heterocycles. The maximum Gasteiger partial charge on any atom is 0.191 e. The van der Waals surface area contributed by atoms with Crippen molar-refractivity contribution < 1.29 is 5.11 Å². The van der Waals surface area contributed by atoms with Crippen molar-refractivity contribution in [1.82, 2.24) is 15.5 Å². The number of hydrogen-bond acceptors (Lipinski definition) is 3. The molecule has 0 amide bonds. The number of aliphatic hydroxyl groups excluding tert-OH is 1. The van der Waals surface area contributed by atoms with Crippen LogP contribution in [0.5, 0.6) is 0 Å². The van der Waals surface area contributed by atoms with E-state index in [-0.39, 0.29) is 0 Å². The van der Waals surface area contributed by atoms with Crippen molar-refractivity contribution in [2.75, 3.05) is 26.2 Å². The van der Waals surface area contributed by atoms with Crippen LogP contribution in [0.15, 0.2) is 29.3 Å². The van der Waals surface area contributed by atoms with Crippen molar-refractivity contribution in [1.29, 1.82) is 0 Å². The van der Waals surface area contributed by atoms with Crippen LogP contribution in [0, 0.1) is 5.92 Å². The van der Waals surface area contributed by atoms with Gasteiger partial charge in [-0.15, -0.1) is 0 Å². The van der Waals surface area contributed by atoms with Gasteiger partial charge in [-0.1, -0.05) is 38.1 Å². The Morgan fingerprint density at radius 3 is 2.64 bits per heavy atom. The number of fused-ring (bicyclic) bond motifs is 1. The van der Waals surface area contributed by atoms with Gasteiger partial charge in [-0.2, -0.15) is 0 Å². The van der Waals surface area contributed by atoms with Crippen molar-refractivity contribution >= 4 is 5.96 Å². The average Bonchev–Trinajstić information content (AvgIpc) is 2.59. The largest absolute Gasteiger partial charge is 0.390 e. The highest BCUT2D eigenvalue weighted by molar-refractivity contribution is 5.80. The first-order valence-electron chi connectivity index (χ1n) is 9.51. The molecule has 25 heavy (non-hydrogen) atoms. The highest BCUT2D eigenvalue weighted by Gasteiger charge is 2.18. The van der Waals surface area contributed by atoms with E-state index in [1.807, 2.05) is 0 Å². The molecule has 2 unspecified atom stereocenters. The molecule has 0 spiro atoms. The van der Waals surface area contributed by atoms with Gasteiger partial charge in [-0.3, -0.25) is 9.89 Å². The number of rotatable bonds is 7. The van der Waals surface area contributed by atoms with Gasteiger partial charge < -0.3 is 15.7 Å². The Morgan fingerprint density at radius 1 is 1.24 bits per heavy atom. The van der Waals surface area contributed by atoms with E-state index in [0.29, 0.717) is 25.0 Å². The lowest BCUT2D eigenvalue weighted by atomic mass is 10.00. The summed E-state index contributed by atoms with van der Waals surface area (Å²) in [6, 6.07) is 8.93. The van der Waals surface area contributed by atoms with Gasteiger partial charge in [0.2, 0.25) is 0 Å². The van der Waals surface area contributed by atoms with Crippen LogP contribution in [0.1, 0.15) is 38.8 Å². The predicted molar refractivity (Wildman–Crippen MR) is 105 cm³/mol.